The summed E-state index contributed by atoms with van der Waals surface area (Å²) in [6.45, 7) is 0. The monoisotopic (exact) mass is 267 g/mol. The average Bonchev–Trinajstić information content (AvgIpc) is 0. The van der Waals surface area contributed by atoms with E-state index in [1.807, 2.05) is 0 Å². The maximum absolute atomic E-state index is 0. The maximum atomic E-state index is 0. The fourth-order valence-corrected chi connectivity index (χ4v) is 0. The Labute approximate surface area is 71.7 Å². The van der Waals surface area contributed by atoms with E-state index < -0.39 is 0 Å². The molecule has 0 aliphatic rings. The van der Waals surface area contributed by atoms with Crippen molar-refractivity contribution in [2.75, 3.05) is 0 Å². The van der Waals surface area contributed by atoms with Crippen LogP contribution >= 0.6 is 0 Å². The zero-order valence-corrected chi connectivity index (χ0v) is 9.95. The first-order valence-electron chi connectivity index (χ1n) is 0. The predicted octanol–water partition coefficient (Wildman–Crippen LogP) is -0.245. The third-order valence-corrected chi connectivity index (χ3v) is 0. The summed E-state index contributed by atoms with van der Waals surface area (Å²) in [7, 11) is 0. The second kappa shape index (κ2) is 39.1. The van der Waals surface area contributed by atoms with Crippen molar-refractivity contribution < 1.29 is 72.3 Å². The van der Waals surface area contributed by atoms with Crippen molar-refractivity contribution in [3.05, 3.63) is 0 Å². The van der Waals surface area contributed by atoms with Crippen molar-refractivity contribution in [2.45, 2.75) is 0 Å². The van der Waals surface area contributed by atoms with E-state index in [0.29, 0.717) is 0 Å². The molecule has 26 valence electrons. The van der Waals surface area contributed by atoms with Gasteiger partial charge in [0.2, 0.25) is 0 Å². The van der Waals surface area contributed by atoms with Gasteiger partial charge in [0.1, 0.15) is 0 Å². The predicted molar refractivity (Wildman–Crippen MR) is 1.37 cm³/mol. The average molecular weight is 271 g/mol. The van der Waals surface area contributed by atoms with E-state index in [9.17, 15) is 0 Å². The van der Waals surface area contributed by atoms with E-state index in [2.05, 4.69) is 0 Å². The molecule has 0 aromatic carbocycles. The zero-order valence-electron chi connectivity index (χ0n) is 2.53. The summed E-state index contributed by atoms with van der Waals surface area (Å²) in [6.07, 6.45) is 0. The summed E-state index contributed by atoms with van der Waals surface area (Å²) >= 11 is 0. The second-order valence-electron chi connectivity index (χ2n) is 0. The van der Waals surface area contributed by atoms with Gasteiger partial charge >= 0.3 is 61.3 Å². The Balaban J connectivity index is 0. The van der Waals surface area contributed by atoms with Gasteiger partial charge in [0.15, 0.2) is 0 Å². The normalized spacial score (nSPS) is 0. The summed E-state index contributed by atoms with van der Waals surface area (Å²) in [5, 5.41) is 0. The van der Waals surface area contributed by atoms with Crippen molar-refractivity contribution in [1.29, 1.82) is 0 Å². The van der Waals surface area contributed by atoms with Gasteiger partial charge in [-0.25, -0.2) is 0 Å². The molecule has 0 amide bonds. The molecule has 0 aliphatic carbocycles. The molecule has 0 saturated heterocycles. The van der Waals surface area contributed by atoms with Gasteiger partial charge in [-0.05, 0) is 0 Å². The maximum Gasteiger partial charge on any atom is 2.00 e. The standard InChI is InChI=1S/Ag.2O.2Zn/q+1;2*-2;2*+2. The Morgan fingerprint density at radius 2 is 0.600 bits per heavy atom. The Bertz CT molecular complexity index is 7.61. The number of hydrogen-bond donors (Lipinski definition) is 0. The van der Waals surface area contributed by atoms with Crippen molar-refractivity contribution in [3.63, 3.8) is 0 Å². The molecule has 0 atom stereocenters. The molecule has 2 nitrogen and oxygen atoms in total. The van der Waals surface area contributed by atoms with E-state index in [4.69, 9.17) is 0 Å². The molecule has 0 unspecified atom stereocenters. The molecule has 5 heavy (non-hydrogen) atoms. The van der Waals surface area contributed by atoms with Crippen LogP contribution in [0.3, 0.4) is 0 Å². The van der Waals surface area contributed by atoms with Crippen LogP contribution in [0.1, 0.15) is 0 Å². The fourth-order valence-electron chi connectivity index (χ4n) is 0. The Morgan fingerprint density at radius 1 is 0.600 bits per heavy atom. The second-order valence-corrected chi connectivity index (χ2v) is 0. The van der Waals surface area contributed by atoms with Crippen LogP contribution in [-0.4, -0.2) is 0 Å². The van der Waals surface area contributed by atoms with Crippen LogP contribution in [0.15, 0.2) is 0 Å². The molecular weight excluding hydrogens is 271 g/mol. The van der Waals surface area contributed by atoms with Crippen molar-refractivity contribution >= 4 is 0 Å². The quantitative estimate of drug-likeness (QED) is 0.546. The van der Waals surface area contributed by atoms with Crippen LogP contribution in [0.4, 0.5) is 0 Å². The molecule has 0 N–H and O–H groups in total. The largest absolute Gasteiger partial charge is 2.00 e. The van der Waals surface area contributed by atoms with E-state index in [1.54, 1.807) is 0 Å². The van der Waals surface area contributed by atoms with E-state index >= 15 is 0 Å². The minimum absolute atomic E-state index is 0. The van der Waals surface area contributed by atoms with Gasteiger partial charge in [-0.3, -0.25) is 0 Å². The molecule has 0 heterocycles. The molecule has 0 aromatic rings. The first-order valence-corrected chi connectivity index (χ1v) is 0. The molecule has 0 fully saturated rings. The molecule has 0 rings (SSSR count). The van der Waals surface area contributed by atoms with Crippen molar-refractivity contribution in [1.82, 2.24) is 0 Å². The first-order chi connectivity index (χ1) is 0. The van der Waals surface area contributed by atoms with Gasteiger partial charge in [-0.1, -0.05) is 0 Å². The van der Waals surface area contributed by atoms with Crippen molar-refractivity contribution in [2.24, 2.45) is 0 Å². The van der Waals surface area contributed by atoms with Crippen LogP contribution in [0, 0.1) is 0 Å². The fraction of sp³-hybridized carbons (Fsp3) is 0. The molecule has 0 bridgehead atoms. The van der Waals surface area contributed by atoms with Gasteiger partial charge < -0.3 is 11.0 Å². The summed E-state index contributed by atoms with van der Waals surface area (Å²) < 4.78 is 0. The van der Waals surface area contributed by atoms with E-state index in [0.717, 1.165) is 0 Å². The molecule has 0 aliphatic heterocycles. The summed E-state index contributed by atoms with van der Waals surface area (Å²) in [6, 6.07) is 0. The Kier molecular flexibility index (Phi) is 518. The number of rotatable bonds is 0. The first kappa shape index (κ1) is 66.3. The van der Waals surface area contributed by atoms with Crippen LogP contribution in [0.5, 0.6) is 0 Å². The molecule has 0 aromatic heterocycles. The Morgan fingerprint density at radius 3 is 0.600 bits per heavy atom. The van der Waals surface area contributed by atoms with Crippen LogP contribution in [0.25, 0.3) is 0 Å². The molecule has 0 saturated carbocycles. The minimum Gasteiger partial charge on any atom is -2.00 e. The van der Waals surface area contributed by atoms with Gasteiger partial charge in [-0.2, -0.15) is 0 Å². The molecular formula is AgO2Zn2+. The summed E-state index contributed by atoms with van der Waals surface area (Å²) in [5.74, 6) is 0. The molecule has 0 spiro atoms. The SMILES string of the molecule is [Ag+].[O-2].[O-2].[Zn+2].[Zn+2]. The van der Waals surface area contributed by atoms with Crippen LogP contribution in [-0.2, 0) is 72.3 Å². The van der Waals surface area contributed by atoms with Gasteiger partial charge in [0, 0.05) is 0 Å². The number of hydrogen-bond acceptors (Lipinski definition) is 0. The molecule has 5 heteroatoms. The van der Waals surface area contributed by atoms with Gasteiger partial charge in [-0.15, -0.1) is 0 Å². The smallest absolute Gasteiger partial charge is 2.00 e. The van der Waals surface area contributed by atoms with Gasteiger partial charge in [0.25, 0.3) is 0 Å². The van der Waals surface area contributed by atoms with Crippen LogP contribution < -0.4 is 0 Å². The molecule has 0 radical (unpaired) electrons. The topological polar surface area (TPSA) is 57.0 Å². The zero-order chi connectivity index (χ0) is 0. The van der Waals surface area contributed by atoms with Crippen molar-refractivity contribution in [3.8, 4) is 0 Å². The van der Waals surface area contributed by atoms with E-state index in [-0.39, 0.29) is 72.3 Å². The third-order valence-electron chi connectivity index (χ3n) is 0. The summed E-state index contributed by atoms with van der Waals surface area (Å²) in [4.78, 5) is 0. The minimum atomic E-state index is 0. The Hall–Kier alpha value is 1.91. The van der Waals surface area contributed by atoms with Gasteiger partial charge in [0.05, 0.1) is 0 Å². The van der Waals surface area contributed by atoms with E-state index in [1.165, 1.54) is 0 Å². The van der Waals surface area contributed by atoms with Crippen LogP contribution in [0.2, 0.25) is 0 Å². The summed E-state index contributed by atoms with van der Waals surface area (Å²) in [5.41, 5.74) is 0. The third kappa shape index (κ3) is 24.8.